The minimum absolute atomic E-state index is 0.295. The molecule has 0 fully saturated rings. The van der Waals surface area contributed by atoms with Gasteiger partial charge in [0.2, 0.25) is 5.56 Å². The molecule has 1 aromatic heterocycles. The van der Waals surface area contributed by atoms with Gasteiger partial charge in [0.15, 0.2) is 0 Å². The van der Waals surface area contributed by atoms with E-state index >= 15 is 0 Å². The fourth-order valence-electron chi connectivity index (χ4n) is 2.35. The average Bonchev–Trinajstić information content (AvgIpc) is 2.49. The number of aryl methyl sites for hydroxylation is 1. The number of carbonyl (C=O) groups excluding carboxylic acids is 1. The zero-order chi connectivity index (χ0) is 15.7. The number of rotatable bonds is 2. The fourth-order valence-corrected chi connectivity index (χ4v) is 2.83. The normalized spacial score (nSPS) is 10.6. The van der Waals surface area contributed by atoms with Crippen molar-refractivity contribution in [1.82, 2.24) is 4.98 Å². The Labute approximate surface area is 135 Å². The Morgan fingerprint density at radius 2 is 1.91 bits per heavy atom. The molecule has 1 heterocycles. The molecule has 5 heteroatoms. The van der Waals surface area contributed by atoms with Crippen LogP contribution < -0.4 is 10.9 Å². The van der Waals surface area contributed by atoms with Crippen molar-refractivity contribution in [1.29, 1.82) is 0 Å². The summed E-state index contributed by atoms with van der Waals surface area (Å²) in [5.41, 5.74) is 2.38. The molecule has 0 bridgehead atoms. The van der Waals surface area contributed by atoms with Crippen LogP contribution in [-0.4, -0.2) is 10.9 Å². The molecule has 0 atom stereocenters. The number of amides is 1. The highest BCUT2D eigenvalue weighted by Gasteiger charge is 2.12. The molecule has 2 N–H and O–H groups in total. The third-order valence-corrected chi connectivity index (χ3v) is 3.93. The molecule has 0 radical (unpaired) electrons. The summed E-state index contributed by atoms with van der Waals surface area (Å²) in [6, 6.07) is 14.2. The molecule has 2 aromatic carbocycles. The minimum atomic E-state index is -0.298. The van der Waals surface area contributed by atoms with Crippen LogP contribution in [0.5, 0.6) is 0 Å². The van der Waals surface area contributed by atoms with Crippen LogP contribution in [0, 0.1) is 6.92 Å². The van der Waals surface area contributed by atoms with Gasteiger partial charge in [-0.05, 0) is 36.8 Å². The van der Waals surface area contributed by atoms with Crippen molar-refractivity contribution in [2.75, 3.05) is 5.32 Å². The summed E-state index contributed by atoms with van der Waals surface area (Å²) in [6.07, 6.45) is 0. The van der Waals surface area contributed by atoms with Gasteiger partial charge in [0, 0.05) is 27.1 Å². The molecule has 0 spiro atoms. The highest BCUT2D eigenvalue weighted by Crippen LogP contribution is 2.22. The minimum Gasteiger partial charge on any atom is -0.322 e. The van der Waals surface area contributed by atoms with E-state index in [2.05, 4.69) is 26.2 Å². The van der Waals surface area contributed by atoms with Crippen LogP contribution in [0.2, 0.25) is 0 Å². The lowest BCUT2D eigenvalue weighted by atomic mass is 10.1. The van der Waals surface area contributed by atoms with Crippen molar-refractivity contribution in [3.8, 4) is 0 Å². The fraction of sp³-hybridized carbons (Fsp3) is 0.0588. The van der Waals surface area contributed by atoms with Crippen LogP contribution in [-0.2, 0) is 0 Å². The second kappa shape index (κ2) is 5.77. The van der Waals surface area contributed by atoms with E-state index < -0.39 is 0 Å². The number of aromatic amines is 1. The Kier molecular flexibility index (Phi) is 3.81. The predicted octanol–water partition coefficient (Wildman–Crippen LogP) is 3.85. The van der Waals surface area contributed by atoms with Crippen LogP contribution in [0.3, 0.4) is 0 Å². The second-order valence-corrected chi connectivity index (χ2v) is 5.92. The van der Waals surface area contributed by atoms with E-state index in [0.717, 1.165) is 21.1 Å². The summed E-state index contributed by atoms with van der Waals surface area (Å²) in [4.78, 5) is 27.0. The lowest BCUT2D eigenvalue weighted by Crippen LogP contribution is -2.17. The monoisotopic (exact) mass is 356 g/mol. The topological polar surface area (TPSA) is 62.0 Å². The number of pyridine rings is 1. The summed E-state index contributed by atoms with van der Waals surface area (Å²) in [7, 11) is 0. The predicted molar refractivity (Wildman–Crippen MR) is 91.4 cm³/mol. The number of fused-ring (bicyclic) bond motifs is 1. The molecule has 22 heavy (non-hydrogen) atoms. The molecule has 0 unspecified atom stereocenters. The van der Waals surface area contributed by atoms with Gasteiger partial charge < -0.3 is 10.3 Å². The summed E-state index contributed by atoms with van der Waals surface area (Å²) < 4.78 is 0.949. The number of H-pyrrole nitrogens is 1. The van der Waals surface area contributed by atoms with Gasteiger partial charge >= 0.3 is 0 Å². The first-order valence-electron chi connectivity index (χ1n) is 6.74. The lowest BCUT2D eigenvalue weighted by Gasteiger charge is -2.10. The molecular weight excluding hydrogens is 344 g/mol. The van der Waals surface area contributed by atoms with Gasteiger partial charge in [0.05, 0.1) is 5.56 Å². The SMILES string of the molecule is Cc1cc(Br)ccc1NC(=O)c1cc(=O)[nH]c2ccccc12. The lowest BCUT2D eigenvalue weighted by molar-refractivity contribution is 0.102. The van der Waals surface area contributed by atoms with Crippen LogP contribution in [0.4, 0.5) is 5.69 Å². The van der Waals surface area contributed by atoms with E-state index in [-0.39, 0.29) is 11.5 Å². The van der Waals surface area contributed by atoms with Crippen molar-refractivity contribution in [3.63, 3.8) is 0 Å². The quantitative estimate of drug-likeness (QED) is 0.732. The van der Waals surface area contributed by atoms with Gasteiger partial charge in [0.1, 0.15) is 0 Å². The van der Waals surface area contributed by atoms with Gasteiger partial charge in [-0.3, -0.25) is 9.59 Å². The number of hydrogen-bond donors (Lipinski definition) is 2. The van der Waals surface area contributed by atoms with Crippen molar-refractivity contribution >= 4 is 38.4 Å². The Hall–Kier alpha value is -2.40. The third kappa shape index (κ3) is 2.80. The van der Waals surface area contributed by atoms with Crippen LogP contribution in [0.1, 0.15) is 15.9 Å². The van der Waals surface area contributed by atoms with E-state index in [1.165, 1.54) is 6.07 Å². The Morgan fingerprint density at radius 1 is 1.14 bits per heavy atom. The standard InChI is InChI=1S/C17H13BrN2O2/c1-10-8-11(18)6-7-14(10)20-17(22)13-9-16(21)19-15-5-3-2-4-12(13)15/h2-9H,1H3,(H,19,21)(H,20,22). The first-order chi connectivity index (χ1) is 10.5. The van der Waals surface area contributed by atoms with Gasteiger partial charge in [-0.2, -0.15) is 0 Å². The Morgan fingerprint density at radius 3 is 2.68 bits per heavy atom. The van der Waals surface area contributed by atoms with E-state index in [9.17, 15) is 9.59 Å². The number of aromatic nitrogens is 1. The Bertz CT molecular complexity index is 931. The summed E-state index contributed by atoms with van der Waals surface area (Å²) in [5.74, 6) is -0.298. The Balaban J connectivity index is 2.04. The van der Waals surface area contributed by atoms with Gasteiger partial charge in [0.25, 0.3) is 5.91 Å². The van der Waals surface area contributed by atoms with Crippen LogP contribution in [0.15, 0.2) is 57.8 Å². The molecule has 110 valence electrons. The van der Waals surface area contributed by atoms with Gasteiger partial charge in [-0.25, -0.2) is 0 Å². The van der Waals surface area contributed by atoms with E-state index in [1.54, 1.807) is 6.07 Å². The van der Waals surface area contributed by atoms with Crippen molar-refractivity contribution in [2.45, 2.75) is 6.92 Å². The molecule has 0 aliphatic carbocycles. The molecule has 0 saturated carbocycles. The summed E-state index contributed by atoms with van der Waals surface area (Å²) >= 11 is 3.39. The molecule has 1 amide bonds. The average molecular weight is 357 g/mol. The summed E-state index contributed by atoms with van der Waals surface area (Å²) in [6.45, 7) is 1.91. The zero-order valence-corrected chi connectivity index (χ0v) is 13.4. The number of halogens is 1. The van der Waals surface area contributed by atoms with E-state index in [0.29, 0.717) is 11.1 Å². The number of para-hydroxylation sites is 1. The highest BCUT2D eigenvalue weighted by atomic mass is 79.9. The van der Waals surface area contributed by atoms with Gasteiger partial charge in [-0.15, -0.1) is 0 Å². The van der Waals surface area contributed by atoms with Crippen LogP contribution in [0.25, 0.3) is 10.9 Å². The smallest absolute Gasteiger partial charge is 0.256 e. The maximum atomic E-state index is 12.5. The molecule has 0 saturated heterocycles. The van der Waals surface area contributed by atoms with Crippen LogP contribution >= 0.6 is 15.9 Å². The second-order valence-electron chi connectivity index (χ2n) is 5.01. The number of hydrogen-bond acceptors (Lipinski definition) is 2. The van der Waals surface area contributed by atoms with E-state index in [1.807, 2.05) is 43.3 Å². The number of nitrogens with one attached hydrogen (secondary N) is 2. The summed E-state index contributed by atoms with van der Waals surface area (Å²) in [5, 5.41) is 3.58. The maximum absolute atomic E-state index is 12.5. The molecule has 4 nitrogen and oxygen atoms in total. The largest absolute Gasteiger partial charge is 0.322 e. The number of carbonyl (C=O) groups is 1. The third-order valence-electron chi connectivity index (χ3n) is 3.43. The first-order valence-corrected chi connectivity index (χ1v) is 7.53. The number of benzene rings is 2. The van der Waals surface area contributed by atoms with Crippen molar-refractivity contribution < 1.29 is 4.79 Å². The molecule has 0 aliphatic rings. The molecule has 3 rings (SSSR count). The number of anilines is 1. The zero-order valence-electron chi connectivity index (χ0n) is 11.8. The molecule has 3 aromatic rings. The van der Waals surface area contributed by atoms with Gasteiger partial charge in [-0.1, -0.05) is 34.1 Å². The molecule has 0 aliphatic heterocycles. The van der Waals surface area contributed by atoms with E-state index in [4.69, 9.17) is 0 Å². The van der Waals surface area contributed by atoms with Crippen molar-refractivity contribution in [2.24, 2.45) is 0 Å². The van der Waals surface area contributed by atoms with Crippen molar-refractivity contribution in [3.05, 3.63) is 74.5 Å². The highest BCUT2D eigenvalue weighted by molar-refractivity contribution is 9.10. The molecular formula is C17H13BrN2O2. The first kappa shape index (κ1) is 14.5. The maximum Gasteiger partial charge on any atom is 0.256 e.